The number of carbonyl (C=O) groups is 1. The molecule has 0 fully saturated rings. The Morgan fingerprint density at radius 1 is 1.14 bits per heavy atom. The summed E-state index contributed by atoms with van der Waals surface area (Å²) in [7, 11) is 0. The molecule has 0 spiro atoms. The Balaban J connectivity index is 1.46. The third-order valence-corrected chi connectivity index (χ3v) is 6.74. The van der Waals surface area contributed by atoms with Crippen molar-refractivity contribution in [2.75, 3.05) is 11.1 Å². The van der Waals surface area contributed by atoms with Crippen LogP contribution < -0.4 is 5.32 Å². The number of aromatic nitrogens is 3. The predicted octanol–water partition coefficient (Wildman–Crippen LogP) is 5.47. The topological polar surface area (TPSA) is 59.8 Å². The average molecular weight is 423 g/mol. The first-order valence-electron chi connectivity index (χ1n) is 9.61. The van der Waals surface area contributed by atoms with Gasteiger partial charge in [-0.3, -0.25) is 4.79 Å². The van der Waals surface area contributed by atoms with E-state index >= 15 is 0 Å². The second kappa shape index (κ2) is 8.80. The van der Waals surface area contributed by atoms with Crippen LogP contribution in [0.4, 0.5) is 5.69 Å². The molecule has 5 nitrogen and oxygen atoms in total. The van der Waals surface area contributed by atoms with Crippen LogP contribution in [0.25, 0.3) is 22.2 Å². The zero-order valence-electron chi connectivity index (χ0n) is 16.4. The monoisotopic (exact) mass is 422 g/mol. The van der Waals surface area contributed by atoms with E-state index in [-0.39, 0.29) is 11.7 Å². The molecule has 0 aliphatic rings. The van der Waals surface area contributed by atoms with E-state index in [1.54, 1.807) is 11.3 Å². The molecule has 0 saturated carbocycles. The molecule has 1 N–H and O–H groups in total. The zero-order valence-corrected chi connectivity index (χ0v) is 18.0. The van der Waals surface area contributed by atoms with Gasteiger partial charge >= 0.3 is 0 Å². The highest BCUT2D eigenvalue weighted by Crippen LogP contribution is 2.28. The fourth-order valence-corrected chi connectivity index (χ4v) is 4.84. The Morgan fingerprint density at radius 2 is 1.97 bits per heavy atom. The van der Waals surface area contributed by atoms with E-state index in [2.05, 4.69) is 45.4 Å². The van der Waals surface area contributed by atoms with Gasteiger partial charge in [0.05, 0.1) is 5.75 Å². The number of rotatable bonds is 7. The molecular formula is C22H22N4OS2. The molecule has 29 heavy (non-hydrogen) atoms. The smallest absolute Gasteiger partial charge is 0.234 e. The first-order valence-corrected chi connectivity index (χ1v) is 11.5. The fourth-order valence-electron chi connectivity index (χ4n) is 3.23. The highest BCUT2D eigenvalue weighted by molar-refractivity contribution is 7.99. The van der Waals surface area contributed by atoms with E-state index in [0.29, 0.717) is 0 Å². The maximum atomic E-state index is 12.6. The first kappa shape index (κ1) is 19.7. The number of nitrogens with zero attached hydrogens (tertiary/aromatic N) is 3. The van der Waals surface area contributed by atoms with Crippen molar-refractivity contribution >= 4 is 45.5 Å². The van der Waals surface area contributed by atoms with Gasteiger partial charge in [-0.05, 0) is 30.9 Å². The molecule has 2 aromatic carbocycles. The number of fused-ring (bicyclic) bond motifs is 1. The molecule has 1 amide bonds. The van der Waals surface area contributed by atoms with Crippen molar-refractivity contribution in [1.29, 1.82) is 0 Å². The quantitative estimate of drug-likeness (QED) is 0.401. The van der Waals surface area contributed by atoms with Gasteiger partial charge in [-0.1, -0.05) is 55.1 Å². The number of aryl methyl sites for hydroxylation is 1. The molecule has 0 atom stereocenters. The van der Waals surface area contributed by atoms with E-state index in [9.17, 15) is 4.79 Å². The summed E-state index contributed by atoms with van der Waals surface area (Å²) >= 11 is 3.15. The molecule has 4 rings (SSSR count). The van der Waals surface area contributed by atoms with Gasteiger partial charge in [0.15, 0.2) is 11.0 Å². The molecule has 0 bridgehead atoms. The Kier molecular flexibility index (Phi) is 5.97. The molecule has 0 radical (unpaired) electrons. The number of hydrogen-bond donors (Lipinski definition) is 1. The van der Waals surface area contributed by atoms with Gasteiger partial charge in [0, 0.05) is 33.4 Å². The second-order valence-corrected chi connectivity index (χ2v) is 8.51. The number of benzene rings is 2. The van der Waals surface area contributed by atoms with E-state index in [1.165, 1.54) is 16.6 Å². The molecule has 0 aliphatic carbocycles. The first-order chi connectivity index (χ1) is 14.2. The van der Waals surface area contributed by atoms with Crippen molar-refractivity contribution in [3.05, 3.63) is 58.8 Å². The van der Waals surface area contributed by atoms with Crippen molar-refractivity contribution in [3.63, 3.8) is 0 Å². The summed E-state index contributed by atoms with van der Waals surface area (Å²) < 4.78 is 2.07. The number of nitrogens with one attached hydrogen (secondary N) is 1. The van der Waals surface area contributed by atoms with Gasteiger partial charge in [0.2, 0.25) is 5.91 Å². The van der Waals surface area contributed by atoms with Crippen LogP contribution in [-0.4, -0.2) is 26.4 Å². The summed E-state index contributed by atoms with van der Waals surface area (Å²) in [6.45, 7) is 4.98. The molecule has 0 aliphatic heterocycles. The van der Waals surface area contributed by atoms with Crippen LogP contribution in [0.15, 0.2) is 59.1 Å². The lowest BCUT2D eigenvalue weighted by Crippen LogP contribution is -2.15. The lowest BCUT2D eigenvalue weighted by molar-refractivity contribution is -0.113. The molecule has 2 aromatic heterocycles. The van der Waals surface area contributed by atoms with Crippen LogP contribution in [0, 0.1) is 0 Å². The molecule has 0 saturated heterocycles. The van der Waals surface area contributed by atoms with E-state index < -0.39 is 0 Å². The van der Waals surface area contributed by atoms with Crippen molar-refractivity contribution in [2.24, 2.45) is 0 Å². The molecule has 7 heteroatoms. The van der Waals surface area contributed by atoms with Crippen LogP contribution in [0.2, 0.25) is 0 Å². The van der Waals surface area contributed by atoms with E-state index in [1.807, 2.05) is 42.5 Å². The minimum Gasteiger partial charge on any atom is -0.325 e. The van der Waals surface area contributed by atoms with Crippen molar-refractivity contribution < 1.29 is 4.79 Å². The predicted molar refractivity (Wildman–Crippen MR) is 122 cm³/mol. The SMILES string of the molecule is CCc1cc(-c2nnc(SCC(=O)Nc3cccc4ccccc34)n2CC)cs1. The molecular weight excluding hydrogens is 400 g/mol. The molecule has 148 valence electrons. The lowest BCUT2D eigenvalue weighted by Gasteiger charge is -2.09. The van der Waals surface area contributed by atoms with Crippen LogP contribution >= 0.6 is 23.1 Å². The number of amides is 1. The Bertz CT molecular complexity index is 1140. The Hall–Kier alpha value is -2.64. The zero-order chi connectivity index (χ0) is 20.2. The summed E-state index contributed by atoms with van der Waals surface area (Å²) in [4.78, 5) is 13.9. The van der Waals surface area contributed by atoms with Crippen molar-refractivity contribution in [3.8, 4) is 11.4 Å². The third-order valence-electron chi connectivity index (χ3n) is 4.69. The third kappa shape index (κ3) is 4.21. The molecule has 0 unspecified atom stereocenters. The summed E-state index contributed by atoms with van der Waals surface area (Å²) in [6.07, 6.45) is 1.01. The number of thiophene rings is 1. The Labute approximate surface area is 178 Å². The average Bonchev–Trinajstić information content (AvgIpc) is 3.38. The van der Waals surface area contributed by atoms with Gasteiger partial charge in [-0.2, -0.15) is 0 Å². The van der Waals surface area contributed by atoms with E-state index in [4.69, 9.17) is 0 Å². The number of thioether (sulfide) groups is 1. The number of anilines is 1. The van der Waals surface area contributed by atoms with Crippen LogP contribution in [0.5, 0.6) is 0 Å². The minimum absolute atomic E-state index is 0.0534. The van der Waals surface area contributed by atoms with Gasteiger partial charge in [0.1, 0.15) is 0 Å². The number of hydrogen-bond acceptors (Lipinski definition) is 5. The van der Waals surface area contributed by atoms with Crippen LogP contribution in [-0.2, 0) is 17.8 Å². The molecule has 2 heterocycles. The summed E-state index contributed by atoms with van der Waals surface area (Å²) in [6, 6.07) is 16.1. The van der Waals surface area contributed by atoms with Crippen LogP contribution in [0.1, 0.15) is 18.7 Å². The van der Waals surface area contributed by atoms with Gasteiger partial charge in [-0.15, -0.1) is 21.5 Å². The normalized spacial score (nSPS) is 11.1. The standard InChI is InChI=1S/C22H22N4OS2/c1-3-17-12-16(13-28-17)21-24-25-22(26(21)4-2)29-14-20(27)23-19-11-7-9-15-8-5-6-10-18(15)19/h5-13H,3-4,14H2,1-2H3,(H,23,27). The fraction of sp³-hybridized carbons (Fsp3) is 0.227. The summed E-state index contributed by atoms with van der Waals surface area (Å²) in [5.74, 6) is 1.09. The Morgan fingerprint density at radius 3 is 2.76 bits per heavy atom. The maximum absolute atomic E-state index is 12.6. The van der Waals surface area contributed by atoms with E-state index in [0.717, 1.165) is 46.0 Å². The lowest BCUT2D eigenvalue weighted by atomic mass is 10.1. The highest BCUT2D eigenvalue weighted by atomic mass is 32.2. The summed E-state index contributed by atoms with van der Waals surface area (Å²) in [5.41, 5.74) is 1.92. The van der Waals surface area contributed by atoms with Crippen molar-refractivity contribution in [2.45, 2.75) is 32.0 Å². The highest BCUT2D eigenvalue weighted by Gasteiger charge is 2.16. The minimum atomic E-state index is -0.0534. The van der Waals surface area contributed by atoms with Crippen molar-refractivity contribution in [1.82, 2.24) is 14.8 Å². The van der Waals surface area contributed by atoms with Crippen LogP contribution in [0.3, 0.4) is 0 Å². The maximum Gasteiger partial charge on any atom is 0.234 e. The molecule has 4 aromatic rings. The summed E-state index contributed by atoms with van der Waals surface area (Å²) in [5, 5.41) is 16.8. The van der Waals surface area contributed by atoms with Gasteiger partial charge in [0.25, 0.3) is 0 Å². The second-order valence-electron chi connectivity index (χ2n) is 6.57. The number of carbonyl (C=O) groups excluding carboxylic acids is 1. The van der Waals surface area contributed by atoms with Gasteiger partial charge in [-0.25, -0.2) is 0 Å². The van der Waals surface area contributed by atoms with Gasteiger partial charge < -0.3 is 9.88 Å². The largest absolute Gasteiger partial charge is 0.325 e.